The van der Waals surface area contributed by atoms with E-state index in [0.717, 1.165) is 38.2 Å². The van der Waals surface area contributed by atoms with Crippen LogP contribution in [0.4, 0.5) is 10.3 Å². The maximum Gasteiger partial charge on any atom is 0.248 e. The second-order valence-electron chi connectivity index (χ2n) is 6.12. The Kier molecular flexibility index (Phi) is 4.72. The minimum atomic E-state index is -0.464. The van der Waals surface area contributed by atoms with Crippen LogP contribution in [0.15, 0.2) is 12.4 Å². The van der Waals surface area contributed by atoms with Gasteiger partial charge in [-0.1, -0.05) is 0 Å². The van der Waals surface area contributed by atoms with Crippen molar-refractivity contribution in [2.24, 2.45) is 0 Å². The lowest BCUT2D eigenvalue weighted by Crippen LogP contribution is -2.51. The first-order valence-corrected chi connectivity index (χ1v) is 7.75. The molecule has 1 aromatic rings. The number of aromatic nitrogens is 2. The Hall–Kier alpha value is -1.80. The molecule has 1 spiro atoms. The molecule has 3 rings (SSSR count). The number of nitrogens with zero attached hydrogens (tertiary/aromatic N) is 3. The number of nitrogens with one attached hydrogen (secondary N) is 1. The summed E-state index contributed by atoms with van der Waals surface area (Å²) in [5, 5.41) is 3.17. The molecule has 0 saturated carbocycles. The number of piperidine rings is 1. The van der Waals surface area contributed by atoms with Crippen LogP contribution >= 0.6 is 0 Å². The highest BCUT2D eigenvalue weighted by Gasteiger charge is 2.44. The molecule has 0 bridgehead atoms. The number of anilines is 1. The van der Waals surface area contributed by atoms with Crippen LogP contribution in [-0.4, -0.2) is 65.8 Å². The highest BCUT2D eigenvalue weighted by Crippen LogP contribution is 2.35. The summed E-state index contributed by atoms with van der Waals surface area (Å²) in [6.07, 6.45) is 4.87. The van der Waals surface area contributed by atoms with Crippen molar-refractivity contribution in [2.45, 2.75) is 30.9 Å². The monoisotopic (exact) mass is 324 g/mol. The summed E-state index contributed by atoms with van der Waals surface area (Å²) in [4.78, 5) is 21.6. The van der Waals surface area contributed by atoms with Gasteiger partial charge in [-0.3, -0.25) is 4.79 Å². The van der Waals surface area contributed by atoms with Crippen molar-refractivity contribution in [2.75, 3.05) is 38.7 Å². The molecule has 23 heavy (non-hydrogen) atoms. The predicted molar refractivity (Wildman–Crippen MR) is 80.4 cm³/mol. The number of halogens is 1. The maximum atomic E-state index is 12.8. The summed E-state index contributed by atoms with van der Waals surface area (Å²) in [5.41, 5.74) is -0.320. The molecule has 8 heteroatoms. The van der Waals surface area contributed by atoms with Gasteiger partial charge in [-0.15, -0.1) is 0 Å². The molecule has 2 atom stereocenters. The van der Waals surface area contributed by atoms with Crippen molar-refractivity contribution in [3.63, 3.8) is 0 Å². The summed E-state index contributed by atoms with van der Waals surface area (Å²) in [6.45, 7) is 1.94. The normalized spacial score (nSPS) is 27.4. The third-order valence-corrected chi connectivity index (χ3v) is 4.32. The van der Waals surface area contributed by atoms with Crippen LogP contribution in [0.25, 0.3) is 0 Å². The van der Waals surface area contributed by atoms with Gasteiger partial charge in [0.2, 0.25) is 11.9 Å². The molecule has 1 N–H and O–H groups in total. The molecule has 0 aliphatic carbocycles. The molecule has 7 nitrogen and oxygen atoms in total. The highest BCUT2D eigenvalue weighted by molar-refractivity contribution is 5.77. The van der Waals surface area contributed by atoms with Crippen LogP contribution in [0.2, 0.25) is 0 Å². The van der Waals surface area contributed by atoms with Gasteiger partial charge in [0.1, 0.15) is 6.61 Å². The lowest BCUT2D eigenvalue weighted by atomic mass is 9.88. The summed E-state index contributed by atoms with van der Waals surface area (Å²) < 4.78 is 23.8. The minimum Gasteiger partial charge on any atom is -0.375 e. The van der Waals surface area contributed by atoms with E-state index in [0.29, 0.717) is 19.1 Å². The van der Waals surface area contributed by atoms with Crippen LogP contribution in [0.3, 0.4) is 0 Å². The fourth-order valence-corrected chi connectivity index (χ4v) is 3.32. The Morgan fingerprint density at radius 2 is 2.35 bits per heavy atom. The number of amides is 1. The first-order chi connectivity index (χ1) is 11.1. The maximum absolute atomic E-state index is 12.8. The Morgan fingerprint density at radius 3 is 3.09 bits per heavy atom. The van der Waals surface area contributed by atoms with E-state index in [2.05, 4.69) is 15.3 Å². The number of carbonyl (C=O) groups excluding carboxylic acids is 1. The van der Waals surface area contributed by atoms with E-state index in [1.807, 2.05) is 4.90 Å². The van der Waals surface area contributed by atoms with E-state index in [-0.39, 0.29) is 24.2 Å². The Balaban J connectivity index is 1.59. The summed E-state index contributed by atoms with van der Waals surface area (Å²) in [6, 6.07) is 0.0536. The van der Waals surface area contributed by atoms with Gasteiger partial charge in [-0.05, 0) is 12.8 Å². The van der Waals surface area contributed by atoms with Crippen LogP contribution in [-0.2, 0) is 14.3 Å². The van der Waals surface area contributed by atoms with Crippen molar-refractivity contribution < 1.29 is 18.7 Å². The second kappa shape index (κ2) is 6.76. The quantitative estimate of drug-likeness (QED) is 0.884. The largest absolute Gasteiger partial charge is 0.375 e. The molecule has 1 aromatic heterocycles. The molecule has 2 aliphatic rings. The molecular weight excluding hydrogens is 303 g/mol. The standard InChI is InChI=1S/C15H21FN4O3/c1-22-9-13(21)20-4-2-3-15(10-20)5-12(8-23-15)19-14-17-6-11(16)7-18-14/h6-7,12H,2-5,8-10H2,1H3,(H,17,18,19). The fraction of sp³-hybridized carbons (Fsp3) is 0.667. The zero-order chi connectivity index (χ0) is 16.3. The molecule has 2 fully saturated rings. The number of carbonyl (C=O) groups is 1. The van der Waals surface area contributed by atoms with E-state index in [1.54, 1.807) is 0 Å². The van der Waals surface area contributed by atoms with Gasteiger partial charge >= 0.3 is 0 Å². The lowest BCUT2D eigenvalue weighted by Gasteiger charge is -2.39. The van der Waals surface area contributed by atoms with Crippen LogP contribution < -0.4 is 5.32 Å². The first-order valence-electron chi connectivity index (χ1n) is 7.75. The molecule has 3 heterocycles. The second-order valence-corrected chi connectivity index (χ2v) is 6.12. The third kappa shape index (κ3) is 3.76. The number of ether oxygens (including phenoxy) is 2. The van der Waals surface area contributed by atoms with E-state index >= 15 is 0 Å². The summed E-state index contributed by atoms with van der Waals surface area (Å²) in [7, 11) is 1.52. The Labute approximate surface area is 134 Å². The molecule has 126 valence electrons. The van der Waals surface area contributed by atoms with Crippen LogP contribution in [0.1, 0.15) is 19.3 Å². The van der Waals surface area contributed by atoms with Crippen molar-refractivity contribution >= 4 is 11.9 Å². The first kappa shape index (κ1) is 16.1. The van der Waals surface area contributed by atoms with Gasteiger partial charge < -0.3 is 19.7 Å². The number of hydrogen-bond donors (Lipinski definition) is 1. The molecule has 2 aliphatic heterocycles. The third-order valence-electron chi connectivity index (χ3n) is 4.32. The zero-order valence-electron chi connectivity index (χ0n) is 13.1. The van der Waals surface area contributed by atoms with Crippen molar-refractivity contribution in [1.82, 2.24) is 14.9 Å². The van der Waals surface area contributed by atoms with E-state index in [9.17, 15) is 9.18 Å². The average molecular weight is 324 g/mol. The highest BCUT2D eigenvalue weighted by atomic mass is 19.1. The molecule has 0 radical (unpaired) electrons. The molecule has 2 unspecified atom stereocenters. The van der Waals surface area contributed by atoms with Gasteiger partial charge in [-0.2, -0.15) is 0 Å². The summed E-state index contributed by atoms with van der Waals surface area (Å²) in [5.74, 6) is -0.0807. The van der Waals surface area contributed by atoms with E-state index in [4.69, 9.17) is 9.47 Å². The smallest absolute Gasteiger partial charge is 0.248 e. The van der Waals surface area contributed by atoms with E-state index < -0.39 is 5.82 Å². The van der Waals surface area contributed by atoms with Gasteiger partial charge in [0.25, 0.3) is 0 Å². The van der Waals surface area contributed by atoms with Crippen LogP contribution in [0.5, 0.6) is 0 Å². The molecule has 2 saturated heterocycles. The van der Waals surface area contributed by atoms with Crippen molar-refractivity contribution in [3.05, 3.63) is 18.2 Å². The molecule has 0 aromatic carbocycles. The topological polar surface area (TPSA) is 76.6 Å². The van der Waals surface area contributed by atoms with E-state index in [1.165, 1.54) is 7.11 Å². The van der Waals surface area contributed by atoms with Gasteiger partial charge in [0.05, 0.1) is 30.6 Å². The number of likely N-dealkylation sites (tertiary alicyclic amines) is 1. The van der Waals surface area contributed by atoms with Gasteiger partial charge in [0, 0.05) is 26.6 Å². The Bertz CT molecular complexity index is 556. The Morgan fingerprint density at radius 1 is 1.57 bits per heavy atom. The number of hydrogen-bond acceptors (Lipinski definition) is 6. The fourth-order valence-electron chi connectivity index (χ4n) is 3.32. The van der Waals surface area contributed by atoms with Crippen LogP contribution in [0, 0.1) is 5.82 Å². The SMILES string of the molecule is COCC(=O)N1CCCC2(CC(Nc3ncc(F)cn3)CO2)C1. The van der Waals surface area contributed by atoms with Gasteiger partial charge in [0.15, 0.2) is 5.82 Å². The number of rotatable bonds is 4. The van der Waals surface area contributed by atoms with Gasteiger partial charge in [-0.25, -0.2) is 14.4 Å². The summed E-state index contributed by atoms with van der Waals surface area (Å²) >= 11 is 0. The van der Waals surface area contributed by atoms with Crippen molar-refractivity contribution in [1.29, 1.82) is 0 Å². The zero-order valence-corrected chi connectivity index (χ0v) is 13.1. The predicted octanol–water partition coefficient (Wildman–Crippen LogP) is 0.824. The molecule has 1 amide bonds. The lowest BCUT2D eigenvalue weighted by molar-refractivity contribution is -0.143. The average Bonchev–Trinajstić information content (AvgIpc) is 2.92. The number of methoxy groups -OCH3 is 1. The minimum absolute atomic E-state index is 0.00606. The van der Waals surface area contributed by atoms with Crippen molar-refractivity contribution in [3.8, 4) is 0 Å². The molecular formula is C15H21FN4O3.